The van der Waals surface area contributed by atoms with Crippen LogP contribution in [0, 0.1) is 0 Å². The fraction of sp³-hybridized carbons (Fsp3) is 0.500. The number of nitrogens with one attached hydrogen (secondary N) is 1. The maximum absolute atomic E-state index is 13.0. The third-order valence-electron chi connectivity index (χ3n) is 5.28. The molecule has 1 N–H and O–H groups in total. The normalized spacial score (nSPS) is 16.1. The summed E-state index contributed by atoms with van der Waals surface area (Å²) in [7, 11) is 5.47. The number of aryl methyl sites for hydroxylation is 1. The van der Waals surface area contributed by atoms with Crippen molar-refractivity contribution in [2.24, 2.45) is 7.05 Å². The molecule has 1 aromatic heterocycles. The van der Waals surface area contributed by atoms with Gasteiger partial charge in [-0.05, 0) is 18.9 Å². The van der Waals surface area contributed by atoms with Crippen molar-refractivity contribution >= 4 is 6.03 Å². The summed E-state index contributed by atoms with van der Waals surface area (Å²) in [5.74, 6) is 1.51. The van der Waals surface area contributed by atoms with E-state index in [0.717, 1.165) is 30.0 Å². The summed E-state index contributed by atoms with van der Waals surface area (Å²) in [6, 6.07) is 7.61. The van der Waals surface area contributed by atoms with Gasteiger partial charge in [0.2, 0.25) is 0 Å². The number of para-hydroxylation sites is 1. The number of methoxy groups -OCH3 is 1. The summed E-state index contributed by atoms with van der Waals surface area (Å²) in [6.07, 6.45) is 9.43. The second-order valence-corrected chi connectivity index (χ2v) is 6.92. The fourth-order valence-electron chi connectivity index (χ4n) is 3.70. The Labute approximate surface area is 155 Å². The van der Waals surface area contributed by atoms with Crippen LogP contribution in [0.4, 0.5) is 4.79 Å². The van der Waals surface area contributed by atoms with Crippen molar-refractivity contribution in [3.8, 4) is 5.75 Å². The van der Waals surface area contributed by atoms with Gasteiger partial charge in [-0.15, -0.1) is 0 Å². The lowest BCUT2D eigenvalue weighted by molar-refractivity contribution is 0.171. The molecule has 6 nitrogen and oxygen atoms in total. The first-order chi connectivity index (χ1) is 12.6. The molecule has 1 aromatic carbocycles. The van der Waals surface area contributed by atoms with Crippen LogP contribution in [0.15, 0.2) is 36.7 Å². The van der Waals surface area contributed by atoms with Crippen molar-refractivity contribution in [1.29, 1.82) is 0 Å². The molecule has 1 aliphatic rings. The number of benzene rings is 1. The highest BCUT2D eigenvalue weighted by atomic mass is 16.5. The fourth-order valence-corrected chi connectivity index (χ4v) is 3.70. The van der Waals surface area contributed by atoms with Gasteiger partial charge in [-0.3, -0.25) is 0 Å². The number of ether oxygens (including phenoxy) is 1. The maximum Gasteiger partial charge on any atom is 0.318 e. The first-order valence-electron chi connectivity index (χ1n) is 9.25. The van der Waals surface area contributed by atoms with Crippen molar-refractivity contribution in [3.63, 3.8) is 0 Å². The molecule has 1 saturated carbocycles. The average molecular weight is 356 g/mol. The molecule has 1 aliphatic carbocycles. The average Bonchev–Trinajstić information content (AvgIpc) is 3.11. The molecule has 0 spiro atoms. The number of imidazole rings is 1. The molecule has 1 unspecified atom stereocenters. The van der Waals surface area contributed by atoms with Crippen LogP contribution in [0.25, 0.3) is 0 Å². The van der Waals surface area contributed by atoms with E-state index in [1.165, 1.54) is 19.3 Å². The minimum absolute atomic E-state index is 0.0733. The molecule has 140 valence electrons. The Hall–Kier alpha value is -2.50. The highest BCUT2D eigenvalue weighted by Gasteiger charge is 2.28. The van der Waals surface area contributed by atoms with Crippen molar-refractivity contribution in [2.45, 2.75) is 44.2 Å². The molecule has 1 fully saturated rings. The Bertz CT molecular complexity index is 737. The van der Waals surface area contributed by atoms with Crippen molar-refractivity contribution < 1.29 is 9.53 Å². The largest absolute Gasteiger partial charge is 0.496 e. The van der Waals surface area contributed by atoms with E-state index < -0.39 is 0 Å². The maximum atomic E-state index is 13.0. The Morgan fingerprint density at radius 2 is 2.04 bits per heavy atom. The molecular weight excluding hydrogens is 328 g/mol. The summed E-state index contributed by atoms with van der Waals surface area (Å²) in [5.41, 5.74) is 0.898. The molecule has 0 bridgehead atoms. The molecule has 0 aliphatic heterocycles. The molecule has 1 heterocycles. The number of rotatable bonds is 5. The first kappa shape index (κ1) is 18.3. The van der Waals surface area contributed by atoms with Crippen molar-refractivity contribution in [1.82, 2.24) is 19.8 Å². The third-order valence-corrected chi connectivity index (χ3v) is 5.28. The standard InChI is InChI=1S/C20H28N4O2/c1-23-14-13-21-19(23)18(16-11-7-8-12-17(16)26-3)22-20(25)24(2)15-9-5-4-6-10-15/h7-8,11-15,18H,4-6,9-10H2,1-3H3,(H,22,25). The Morgan fingerprint density at radius 1 is 1.31 bits per heavy atom. The van der Waals surface area contributed by atoms with Crippen LogP contribution in [0.1, 0.15) is 49.5 Å². The van der Waals surface area contributed by atoms with Crippen LogP contribution in [0.5, 0.6) is 5.75 Å². The monoisotopic (exact) mass is 356 g/mol. The quantitative estimate of drug-likeness (QED) is 0.892. The van der Waals surface area contributed by atoms with Crippen LogP contribution in [0.3, 0.4) is 0 Å². The zero-order valence-electron chi connectivity index (χ0n) is 15.8. The Kier molecular flexibility index (Phi) is 5.81. The number of nitrogens with zero attached hydrogens (tertiary/aromatic N) is 3. The summed E-state index contributed by atoms with van der Waals surface area (Å²) in [6.45, 7) is 0. The van der Waals surface area contributed by atoms with Crippen LogP contribution in [0.2, 0.25) is 0 Å². The van der Waals surface area contributed by atoms with Crippen molar-refractivity contribution in [2.75, 3.05) is 14.2 Å². The minimum atomic E-state index is -0.371. The molecule has 26 heavy (non-hydrogen) atoms. The lowest BCUT2D eigenvalue weighted by Crippen LogP contribution is -2.46. The van der Waals surface area contributed by atoms with Gasteiger partial charge in [0.15, 0.2) is 0 Å². The van der Waals surface area contributed by atoms with Gasteiger partial charge < -0.3 is 19.5 Å². The summed E-state index contributed by atoms with van der Waals surface area (Å²) in [5, 5.41) is 3.17. The van der Waals surface area contributed by atoms with E-state index in [2.05, 4.69) is 10.3 Å². The van der Waals surface area contributed by atoms with E-state index in [0.29, 0.717) is 6.04 Å². The lowest BCUT2D eigenvalue weighted by Gasteiger charge is -2.32. The van der Waals surface area contributed by atoms with Crippen LogP contribution >= 0.6 is 0 Å². The van der Waals surface area contributed by atoms with Crippen LogP contribution in [-0.2, 0) is 7.05 Å². The van der Waals surface area contributed by atoms with Gasteiger partial charge in [0.1, 0.15) is 17.6 Å². The third kappa shape index (κ3) is 3.84. The molecule has 2 amide bonds. The summed E-state index contributed by atoms with van der Waals surface area (Å²) in [4.78, 5) is 19.3. The van der Waals surface area contributed by atoms with Gasteiger partial charge in [0.25, 0.3) is 0 Å². The molecule has 1 atom stereocenters. The number of aromatic nitrogens is 2. The second-order valence-electron chi connectivity index (χ2n) is 6.92. The summed E-state index contributed by atoms with van der Waals surface area (Å²) >= 11 is 0. The van der Waals surface area contributed by atoms with Crippen LogP contribution < -0.4 is 10.1 Å². The van der Waals surface area contributed by atoms with E-state index in [9.17, 15) is 4.79 Å². The van der Waals surface area contributed by atoms with E-state index in [1.807, 2.05) is 54.0 Å². The first-order valence-corrected chi connectivity index (χ1v) is 9.25. The van der Waals surface area contributed by atoms with Gasteiger partial charge in [-0.1, -0.05) is 37.5 Å². The topological polar surface area (TPSA) is 59.4 Å². The van der Waals surface area contributed by atoms with E-state index in [-0.39, 0.29) is 12.1 Å². The summed E-state index contributed by atoms with van der Waals surface area (Å²) < 4.78 is 7.45. The molecule has 2 aromatic rings. The van der Waals surface area contributed by atoms with Gasteiger partial charge in [-0.2, -0.15) is 0 Å². The predicted octanol–water partition coefficient (Wildman–Crippen LogP) is 3.49. The van der Waals surface area contributed by atoms with E-state index >= 15 is 0 Å². The highest BCUT2D eigenvalue weighted by Crippen LogP contribution is 2.29. The molecular formula is C20H28N4O2. The number of hydrogen-bond acceptors (Lipinski definition) is 3. The molecule has 0 saturated heterocycles. The highest BCUT2D eigenvalue weighted by molar-refractivity contribution is 5.75. The number of amides is 2. The smallest absolute Gasteiger partial charge is 0.318 e. The van der Waals surface area contributed by atoms with Gasteiger partial charge in [0, 0.05) is 38.1 Å². The van der Waals surface area contributed by atoms with Crippen LogP contribution in [-0.4, -0.2) is 40.7 Å². The molecule has 3 rings (SSSR count). The minimum Gasteiger partial charge on any atom is -0.496 e. The van der Waals surface area contributed by atoms with Gasteiger partial charge in [0.05, 0.1) is 7.11 Å². The number of urea groups is 1. The number of hydrogen-bond donors (Lipinski definition) is 1. The van der Waals surface area contributed by atoms with Gasteiger partial charge >= 0.3 is 6.03 Å². The van der Waals surface area contributed by atoms with E-state index in [4.69, 9.17) is 4.74 Å². The van der Waals surface area contributed by atoms with Gasteiger partial charge in [-0.25, -0.2) is 9.78 Å². The second kappa shape index (κ2) is 8.25. The number of carbonyl (C=O) groups is 1. The SMILES string of the molecule is COc1ccccc1C(NC(=O)N(C)C1CCCCC1)c1nccn1C. The van der Waals surface area contributed by atoms with Crippen molar-refractivity contribution in [3.05, 3.63) is 48.0 Å². The zero-order valence-corrected chi connectivity index (χ0v) is 15.8. The Balaban J connectivity index is 1.87. The number of carbonyl (C=O) groups excluding carboxylic acids is 1. The predicted molar refractivity (Wildman–Crippen MR) is 101 cm³/mol. The molecule has 0 radical (unpaired) electrons. The lowest BCUT2D eigenvalue weighted by atomic mass is 9.95. The van der Waals surface area contributed by atoms with E-state index in [1.54, 1.807) is 13.3 Å². The zero-order chi connectivity index (χ0) is 18.5. The molecule has 6 heteroatoms. The Morgan fingerprint density at radius 3 is 2.69 bits per heavy atom.